The van der Waals surface area contributed by atoms with Crippen molar-refractivity contribution in [1.29, 1.82) is 0 Å². The second kappa shape index (κ2) is 8.96. The normalized spacial score (nSPS) is 13.7. The molecule has 0 radical (unpaired) electrons. The van der Waals surface area contributed by atoms with Crippen molar-refractivity contribution in [3.63, 3.8) is 0 Å². The predicted octanol–water partition coefficient (Wildman–Crippen LogP) is 2.35. The fraction of sp³-hybridized carbons (Fsp3) is 0.273. The predicted molar refractivity (Wildman–Crippen MR) is 119 cm³/mol. The molecule has 0 aliphatic carbocycles. The average Bonchev–Trinajstić information content (AvgIpc) is 3.09. The van der Waals surface area contributed by atoms with Crippen molar-refractivity contribution in [3.8, 4) is 0 Å². The molecule has 32 heavy (non-hydrogen) atoms. The van der Waals surface area contributed by atoms with E-state index in [-0.39, 0.29) is 18.4 Å². The van der Waals surface area contributed by atoms with E-state index in [0.717, 1.165) is 19.3 Å². The van der Waals surface area contributed by atoms with Crippen LogP contribution in [0.15, 0.2) is 51.7 Å². The molecule has 10 nitrogen and oxygen atoms in total. The van der Waals surface area contributed by atoms with Crippen LogP contribution >= 0.6 is 0 Å². The molecule has 1 aliphatic rings. The molecule has 1 aliphatic heterocycles. The Bertz CT molecular complexity index is 1220. The van der Waals surface area contributed by atoms with Gasteiger partial charge in [0.2, 0.25) is 5.91 Å². The summed E-state index contributed by atoms with van der Waals surface area (Å²) in [5.41, 5.74) is 7.12. The lowest BCUT2D eigenvalue weighted by molar-refractivity contribution is -0.132. The lowest BCUT2D eigenvalue weighted by Gasteiger charge is -2.26. The number of urea groups is 1. The largest absolute Gasteiger partial charge is 0.420 e. The van der Waals surface area contributed by atoms with Gasteiger partial charge in [-0.05, 0) is 61.7 Å². The number of likely N-dealkylation sites (tertiary alicyclic amines) is 1. The number of carbonyl (C=O) groups excluding carboxylic acids is 3. The number of hydrogen-bond acceptors (Lipinski definition) is 5. The maximum Gasteiger partial charge on any atom is 0.420 e. The van der Waals surface area contributed by atoms with E-state index in [9.17, 15) is 19.2 Å². The topological polar surface area (TPSA) is 140 Å². The van der Waals surface area contributed by atoms with E-state index >= 15 is 0 Å². The zero-order chi connectivity index (χ0) is 22.7. The molecule has 0 unspecified atom stereocenters. The van der Waals surface area contributed by atoms with E-state index in [1.165, 1.54) is 4.57 Å². The molecule has 3 aromatic rings. The van der Waals surface area contributed by atoms with Gasteiger partial charge in [-0.1, -0.05) is 0 Å². The van der Waals surface area contributed by atoms with Crippen LogP contribution in [-0.2, 0) is 11.3 Å². The second-order valence-corrected chi connectivity index (χ2v) is 7.60. The molecule has 0 spiro atoms. The zero-order valence-corrected chi connectivity index (χ0v) is 17.3. The molecule has 166 valence electrons. The highest BCUT2D eigenvalue weighted by atomic mass is 16.4. The van der Waals surface area contributed by atoms with Gasteiger partial charge in [0.05, 0.1) is 5.52 Å². The summed E-state index contributed by atoms with van der Waals surface area (Å²) in [5, 5.41) is 5.18. The first-order valence-corrected chi connectivity index (χ1v) is 10.3. The van der Waals surface area contributed by atoms with Gasteiger partial charge >= 0.3 is 11.8 Å². The van der Waals surface area contributed by atoms with Crippen molar-refractivity contribution >= 4 is 40.3 Å². The number of carbonyl (C=O) groups is 3. The molecule has 4 amide bonds. The van der Waals surface area contributed by atoms with Crippen LogP contribution in [0.25, 0.3) is 11.1 Å². The standard InChI is InChI=1S/C22H23N5O5/c23-21(30)25-15-6-4-14(5-7-15)20(29)24-16-8-9-18-17(12-16)27(22(31)32-18)13-19(28)26-10-2-1-3-11-26/h4-9,12H,1-3,10-11,13H2,(H,24,29)(H3,23,25,30). The first kappa shape index (κ1) is 21.2. The number of primary amides is 1. The summed E-state index contributed by atoms with van der Waals surface area (Å²) >= 11 is 0. The molecular formula is C22H23N5O5. The van der Waals surface area contributed by atoms with E-state index in [1.807, 2.05) is 0 Å². The van der Waals surface area contributed by atoms with Crippen molar-refractivity contribution in [3.05, 3.63) is 58.6 Å². The number of benzene rings is 2. The van der Waals surface area contributed by atoms with E-state index in [1.54, 1.807) is 47.4 Å². The minimum atomic E-state index is -0.694. The Morgan fingerprint density at radius 3 is 2.31 bits per heavy atom. The Labute approximate surface area is 183 Å². The van der Waals surface area contributed by atoms with Crippen molar-refractivity contribution in [2.45, 2.75) is 25.8 Å². The lowest BCUT2D eigenvalue weighted by atomic mass is 10.1. The molecule has 10 heteroatoms. The lowest BCUT2D eigenvalue weighted by Crippen LogP contribution is -2.39. The molecule has 4 N–H and O–H groups in total. The summed E-state index contributed by atoms with van der Waals surface area (Å²) in [7, 11) is 0. The molecule has 2 aromatic carbocycles. The number of amides is 4. The highest BCUT2D eigenvalue weighted by molar-refractivity contribution is 6.05. The van der Waals surface area contributed by atoms with Gasteiger partial charge in [-0.15, -0.1) is 0 Å². The Morgan fingerprint density at radius 1 is 0.938 bits per heavy atom. The first-order valence-electron chi connectivity index (χ1n) is 10.3. The van der Waals surface area contributed by atoms with Gasteiger partial charge in [0.15, 0.2) is 5.58 Å². The Kier molecular flexibility index (Phi) is 5.93. The van der Waals surface area contributed by atoms with Crippen LogP contribution in [0.2, 0.25) is 0 Å². The van der Waals surface area contributed by atoms with Gasteiger partial charge in [-0.25, -0.2) is 9.59 Å². The van der Waals surface area contributed by atoms with Crippen LogP contribution in [0.1, 0.15) is 29.6 Å². The van der Waals surface area contributed by atoms with Crippen molar-refractivity contribution in [2.75, 3.05) is 23.7 Å². The zero-order valence-electron chi connectivity index (χ0n) is 17.3. The van der Waals surface area contributed by atoms with Crippen molar-refractivity contribution < 1.29 is 18.8 Å². The Morgan fingerprint density at radius 2 is 1.62 bits per heavy atom. The maximum absolute atomic E-state index is 12.6. The van der Waals surface area contributed by atoms with Crippen LogP contribution in [0.3, 0.4) is 0 Å². The number of oxazole rings is 1. The SMILES string of the molecule is NC(=O)Nc1ccc(C(=O)Nc2ccc3oc(=O)n(CC(=O)N4CCCCC4)c3c2)cc1. The maximum atomic E-state index is 12.6. The van der Waals surface area contributed by atoms with Crippen LogP contribution in [0.4, 0.5) is 16.2 Å². The number of nitrogens with zero attached hydrogens (tertiary/aromatic N) is 2. The fourth-order valence-electron chi connectivity index (χ4n) is 3.72. The summed E-state index contributed by atoms with van der Waals surface area (Å²) in [4.78, 5) is 50.2. The van der Waals surface area contributed by atoms with Gasteiger partial charge < -0.3 is 25.7 Å². The van der Waals surface area contributed by atoms with E-state index in [4.69, 9.17) is 10.2 Å². The summed E-state index contributed by atoms with van der Waals surface area (Å²) < 4.78 is 6.54. The molecule has 1 aromatic heterocycles. The summed E-state index contributed by atoms with van der Waals surface area (Å²) in [6.07, 6.45) is 3.02. The van der Waals surface area contributed by atoms with Crippen LogP contribution < -0.4 is 22.1 Å². The van der Waals surface area contributed by atoms with Crippen LogP contribution in [0.5, 0.6) is 0 Å². The van der Waals surface area contributed by atoms with E-state index < -0.39 is 11.8 Å². The molecule has 1 fully saturated rings. The third-order valence-electron chi connectivity index (χ3n) is 5.34. The Balaban J connectivity index is 1.52. The highest BCUT2D eigenvalue weighted by Gasteiger charge is 2.20. The monoisotopic (exact) mass is 437 g/mol. The van der Waals surface area contributed by atoms with Gasteiger partial charge in [-0.3, -0.25) is 14.2 Å². The molecule has 1 saturated heterocycles. The minimum absolute atomic E-state index is 0.114. The van der Waals surface area contributed by atoms with Crippen molar-refractivity contribution in [2.24, 2.45) is 5.73 Å². The Hall–Kier alpha value is -4.08. The number of aromatic nitrogens is 1. The third kappa shape index (κ3) is 4.64. The number of nitrogens with one attached hydrogen (secondary N) is 2. The summed E-state index contributed by atoms with van der Waals surface area (Å²) in [6.45, 7) is 1.27. The van der Waals surface area contributed by atoms with Crippen molar-refractivity contribution in [1.82, 2.24) is 9.47 Å². The number of piperidine rings is 1. The van der Waals surface area contributed by atoms with Gasteiger partial charge in [0, 0.05) is 30.0 Å². The molecule has 0 atom stereocenters. The molecular weight excluding hydrogens is 414 g/mol. The fourth-order valence-corrected chi connectivity index (χ4v) is 3.72. The second-order valence-electron chi connectivity index (χ2n) is 7.60. The highest BCUT2D eigenvalue weighted by Crippen LogP contribution is 2.20. The van der Waals surface area contributed by atoms with E-state index in [0.29, 0.717) is 41.1 Å². The van der Waals surface area contributed by atoms with Gasteiger partial charge in [0.1, 0.15) is 6.54 Å². The summed E-state index contributed by atoms with van der Waals surface area (Å²) in [6, 6.07) is 10.3. The third-order valence-corrected chi connectivity index (χ3v) is 5.34. The summed E-state index contributed by atoms with van der Waals surface area (Å²) in [5.74, 6) is -1.13. The molecule has 2 heterocycles. The van der Waals surface area contributed by atoms with Gasteiger partial charge in [0.25, 0.3) is 5.91 Å². The van der Waals surface area contributed by atoms with Crippen LogP contribution in [-0.4, -0.2) is 40.4 Å². The molecule has 0 saturated carbocycles. The molecule has 0 bridgehead atoms. The van der Waals surface area contributed by atoms with E-state index in [2.05, 4.69) is 10.6 Å². The smallest absolute Gasteiger partial charge is 0.408 e. The first-order chi connectivity index (χ1) is 15.4. The number of rotatable bonds is 5. The molecule has 4 rings (SSSR count). The number of fused-ring (bicyclic) bond motifs is 1. The average molecular weight is 437 g/mol. The number of anilines is 2. The quantitative estimate of drug-likeness (QED) is 0.562. The van der Waals surface area contributed by atoms with Gasteiger partial charge in [-0.2, -0.15) is 0 Å². The van der Waals surface area contributed by atoms with Crippen LogP contribution in [0, 0.1) is 0 Å². The number of hydrogen-bond donors (Lipinski definition) is 3. The minimum Gasteiger partial charge on any atom is -0.408 e. The number of nitrogens with two attached hydrogens (primary N) is 1.